The number of carbonyl (C=O) groups excluding carboxylic acids is 1. The fourth-order valence-corrected chi connectivity index (χ4v) is 3.48. The van der Waals surface area contributed by atoms with E-state index in [1.54, 1.807) is 6.33 Å². The Hall–Kier alpha value is -2.77. The van der Waals surface area contributed by atoms with Gasteiger partial charge in [0.1, 0.15) is 23.9 Å². The number of hydrogen-bond donors (Lipinski definition) is 1. The molecule has 3 aromatic rings. The van der Waals surface area contributed by atoms with E-state index in [1.165, 1.54) is 17.6 Å². The van der Waals surface area contributed by atoms with Gasteiger partial charge in [-0.05, 0) is 31.9 Å². The zero-order valence-corrected chi connectivity index (χ0v) is 14.2. The first kappa shape index (κ1) is 15.7. The molecule has 1 atom stereocenters. The van der Waals surface area contributed by atoms with Crippen molar-refractivity contribution in [1.82, 2.24) is 35.1 Å². The predicted molar refractivity (Wildman–Crippen MR) is 91.6 cm³/mol. The second-order valence-electron chi connectivity index (χ2n) is 6.54. The lowest BCUT2D eigenvalue weighted by Gasteiger charge is -2.18. The lowest BCUT2D eigenvalue weighted by atomic mass is 10.2. The molecular formula is C17H21N7O. The van der Waals surface area contributed by atoms with E-state index < -0.39 is 0 Å². The van der Waals surface area contributed by atoms with Gasteiger partial charge in [0.15, 0.2) is 5.82 Å². The number of nitrogens with zero attached hydrogens (tertiary/aromatic N) is 6. The molecule has 0 spiro atoms. The van der Waals surface area contributed by atoms with Crippen LogP contribution in [0.15, 0.2) is 30.6 Å². The summed E-state index contributed by atoms with van der Waals surface area (Å²) in [6.07, 6.45) is 6.55. The molecule has 1 aliphatic carbocycles. The SMILES string of the molecule is C[C@H](NC(=O)Cn1nc2ccccc2n1)c1nncn1C1CCCC1. The van der Waals surface area contributed by atoms with Crippen molar-refractivity contribution in [3.63, 3.8) is 0 Å². The summed E-state index contributed by atoms with van der Waals surface area (Å²) in [5.41, 5.74) is 1.56. The minimum Gasteiger partial charge on any atom is -0.345 e. The molecule has 1 N–H and O–H groups in total. The van der Waals surface area contributed by atoms with Gasteiger partial charge in [-0.15, -0.1) is 10.2 Å². The zero-order valence-electron chi connectivity index (χ0n) is 14.2. The summed E-state index contributed by atoms with van der Waals surface area (Å²) in [6, 6.07) is 7.80. The molecule has 1 aromatic carbocycles. The van der Waals surface area contributed by atoms with Crippen LogP contribution in [0.2, 0.25) is 0 Å². The lowest BCUT2D eigenvalue weighted by molar-refractivity contribution is -0.122. The fourth-order valence-electron chi connectivity index (χ4n) is 3.48. The number of rotatable bonds is 5. The Kier molecular flexibility index (Phi) is 4.17. The Labute approximate surface area is 145 Å². The van der Waals surface area contributed by atoms with E-state index in [0.717, 1.165) is 29.7 Å². The van der Waals surface area contributed by atoms with Gasteiger partial charge in [-0.2, -0.15) is 15.0 Å². The van der Waals surface area contributed by atoms with Crippen molar-refractivity contribution >= 4 is 16.9 Å². The number of benzene rings is 1. The monoisotopic (exact) mass is 339 g/mol. The summed E-state index contributed by atoms with van der Waals surface area (Å²) >= 11 is 0. The Bertz CT molecular complexity index is 845. The smallest absolute Gasteiger partial charge is 0.244 e. The third-order valence-electron chi connectivity index (χ3n) is 4.70. The second-order valence-corrected chi connectivity index (χ2v) is 6.54. The van der Waals surface area contributed by atoms with Gasteiger partial charge in [-0.25, -0.2) is 0 Å². The molecule has 1 saturated carbocycles. The first-order valence-corrected chi connectivity index (χ1v) is 8.69. The summed E-state index contributed by atoms with van der Waals surface area (Å²) in [6.45, 7) is 2.01. The summed E-state index contributed by atoms with van der Waals surface area (Å²) in [5, 5.41) is 19.9. The minimum absolute atomic E-state index is 0.0799. The molecule has 1 aliphatic rings. The van der Waals surface area contributed by atoms with Crippen molar-refractivity contribution in [2.75, 3.05) is 0 Å². The van der Waals surface area contributed by atoms with Gasteiger partial charge in [0, 0.05) is 6.04 Å². The van der Waals surface area contributed by atoms with Crippen molar-refractivity contribution in [3.8, 4) is 0 Å². The minimum atomic E-state index is -0.208. The molecule has 25 heavy (non-hydrogen) atoms. The summed E-state index contributed by atoms with van der Waals surface area (Å²) in [5.74, 6) is 0.660. The van der Waals surface area contributed by atoms with Crippen molar-refractivity contribution in [1.29, 1.82) is 0 Å². The first-order valence-electron chi connectivity index (χ1n) is 8.69. The summed E-state index contributed by atoms with van der Waals surface area (Å²) in [7, 11) is 0. The van der Waals surface area contributed by atoms with Crippen molar-refractivity contribution in [2.24, 2.45) is 0 Å². The van der Waals surface area contributed by atoms with Gasteiger partial charge < -0.3 is 9.88 Å². The Morgan fingerprint density at radius 2 is 1.92 bits per heavy atom. The molecule has 0 radical (unpaired) electrons. The van der Waals surface area contributed by atoms with Gasteiger partial charge in [0.2, 0.25) is 5.91 Å². The standard InChI is InChI=1S/C17H21N7O/c1-12(17-20-18-11-23(17)13-6-2-3-7-13)19-16(25)10-24-21-14-8-4-5-9-15(14)22-24/h4-5,8-9,11-13H,2-3,6-7,10H2,1H3,(H,19,25)/t12-/m0/s1. The van der Waals surface area contributed by atoms with Crippen LogP contribution in [0.4, 0.5) is 0 Å². The van der Waals surface area contributed by atoms with E-state index in [0.29, 0.717) is 6.04 Å². The number of carbonyl (C=O) groups is 1. The Morgan fingerprint density at radius 1 is 1.24 bits per heavy atom. The Morgan fingerprint density at radius 3 is 2.60 bits per heavy atom. The van der Waals surface area contributed by atoms with Crippen LogP contribution in [0.3, 0.4) is 0 Å². The van der Waals surface area contributed by atoms with E-state index in [2.05, 4.69) is 30.3 Å². The van der Waals surface area contributed by atoms with Gasteiger partial charge in [-0.1, -0.05) is 25.0 Å². The molecule has 0 unspecified atom stereocenters. The molecule has 0 aliphatic heterocycles. The van der Waals surface area contributed by atoms with Gasteiger partial charge >= 0.3 is 0 Å². The van der Waals surface area contributed by atoms with Crippen LogP contribution in [0.5, 0.6) is 0 Å². The number of hydrogen-bond acceptors (Lipinski definition) is 5. The van der Waals surface area contributed by atoms with Crippen LogP contribution in [0, 0.1) is 0 Å². The van der Waals surface area contributed by atoms with Gasteiger partial charge in [0.25, 0.3) is 0 Å². The van der Waals surface area contributed by atoms with E-state index in [4.69, 9.17) is 0 Å². The fraction of sp³-hybridized carbons (Fsp3) is 0.471. The van der Waals surface area contributed by atoms with E-state index in [-0.39, 0.29) is 18.5 Å². The van der Waals surface area contributed by atoms with Crippen molar-refractivity contribution in [3.05, 3.63) is 36.4 Å². The molecule has 1 fully saturated rings. The van der Waals surface area contributed by atoms with E-state index in [9.17, 15) is 4.79 Å². The number of aromatic nitrogens is 6. The first-order chi connectivity index (χ1) is 12.2. The maximum atomic E-state index is 12.4. The number of nitrogens with one attached hydrogen (secondary N) is 1. The lowest BCUT2D eigenvalue weighted by Crippen LogP contribution is -2.32. The molecule has 0 saturated heterocycles. The molecule has 2 aromatic heterocycles. The highest BCUT2D eigenvalue weighted by molar-refractivity contribution is 5.77. The normalized spacial score (nSPS) is 16.4. The Balaban J connectivity index is 1.43. The molecular weight excluding hydrogens is 318 g/mol. The molecule has 0 bridgehead atoms. The van der Waals surface area contributed by atoms with Gasteiger partial charge in [-0.3, -0.25) is 4.79 Å². The van der Waals surface area contributed by atoms with Crippen molar-refractivity contribution in [2.45, 2.75) is 51.2 Å². The quantitative estimate of drug-likeness (QED) is 0.768. The van der Waals surface area contributed by atoms with Crippen molar-refractivity contribution < 1.29 is 4.79 Å². The van der Waals surface area contributed by atoms with Crippen LogP contribution >= 0.6 is 0 Å². The average molecular weight is 339 g/mol. The predicted octanol–water partition coefficient (Wildman–Crippen LogP) is 2.02. The van der Waals surface area contributed by atoms with E-state index >= 15 is 0 Å². The van der Waals surface area contributed by atoms with Crippen LogP contribution in [-0.4, -0.2) is 35.7 Å². The second kappa shape index (κ2) is 6.62. The molecule has 2 heterocycles. The van der Waals surface area contributed by atoms with Crippen LogP contribution in [0.1, 0.15) is 50.5 Å². The third-order valence-corrected chi connectivity index (χ3v) is 4.70. The molecule has 130 valence electrons. The maximum Gasteiger partial charge on any atom is 0.244 e. The largest absolute Gasteiger partial charge is 0.345 e. The van der Waals surface area contributed by atoms with Gasteiger partial charge in [0.05, 0.1) is 6.04 Å². The summed E-state index contributed by atoms with van der Waals surface area (Å²) < 4.78 is 2.11. The summed E-state index contributed by atoms with van der Waals surface area (Å²) in [4.78, 5) is 13.8. The molecule has 4 rings (SSSR count). The van der Waals surface area contributed by atoms with Crippen LogP contribution in [-0.2, 0) is 11.3 Å². The maximum absolute atomic E-state index is 12.4. The highest BCUT2D eigenvalue weighted by Crippen LogP contribution is 2.31. The highest BCUT2D eigenvalue weighted by Gasteiger charge is 2.23. The molecule has 8 nitrogen and oxygen atoms in total. The third kappa shape index (κ3) is 3.24. The topological polar surface area (TPSA) is 90.5 Å². The van der Waals surface area contributed by atoms with E-state index in [1.807, 2.05) is 31.2 Å². The molecule has 8 heteroatoms. The number of fused-ring (bicyclic) bond motifs is 1. The van der Waals surface area contributed by atoms with Crippen LogP contribution in [0.25, 0.3) is 11.0 Å². The molecule has 1 amide bonds. The van der Waals surface area contributed by atoms with Crippen LogP contribution < -0.4 is 5.32 Å². The number of amides is 1. The highest BCUT2D eigenvalue weighted by atomic mass is 16.2. The zero-order chi connectivity index (χ0) is 17.2. The average Bonchev–Trinajstić information content (AvgIpc) is 3.33.